The molecule has 0 radical (unpaired) electrons. The normalized spacial score (nSPS) is 12.5. The first kappa shape index (κ1) is 17.6. The van der Waals surface area contributed by atoms with Gasteiger partial charge in [0.15, 0.2) is 5.69 Å². The van der Waals surface area contributed by atoms with Gasteiger partial charge in [0, 0.05) is 11.1 Å². The zero-order chi connectivity index (χ0) is 18.0. The van der Waals surface area contributed by atoms with Gasteiger partial charge in [-0.15, -0.1) is 11.3 Å². The summed E-state index contributed by atoms with van der Waals surface area (Å²) in [5.41, 5.74) is 1.01. The largest absolute Gasteiger partial charge is 0.394 e. The summed E-state index contributed by atoms with van der Waals surface area (Å²) in [6, 6.07) is 6.96. The van der Waals surface area contributed by atoms with E-state index in [0.29, 0.717) is 18.6 Å². The fourth-order valence-electron chi connectivity index (χ4n) is 2.83. The molecule has 132 valence electrons. The van der Waals surface area contributed by atoms with Crippen molar-refractivity contribution in [3.63, 3.8) is 0 Å². The summed E-state index contributed by atoms with van der Waals surface area (Å²) in [4.78, 5) is 19.7. The van der Waals surface area contributed by atoms with Crippen LogP contribution in [0.3, 0.4) is 0 Å². The van der Waals surface area contributed by atoms with E-state index in [1.165, 1.54) is 20.6 Å². The number of carbonyl (C=O) groups is 1. The number of fused-ring (bicyclic) bond motifs is 1. The standard InChI is InChI=1S/C18H20FN3O2S/c1-3-13(11-23)22(10-14-7-5-9-25-14)18(24)15-16(19)21-8-4-6-12(2)17(21)20-15/h4-9,13,23H,3,10-11H2,1-2H3. The van der Waals surface area contributed by atoms with Crippen molar-refractivity contribution >= 4 is 22.9 Å². The van der Waals surface area contributed by atoms with E-state index in [0.717, 1.165) is 10.4 Å². The lowest BCUT2D eigenvalue weighted by Crippen LogP contribution is -2.42. The lowest BCUT2D eigenvalue weighted by molar-refractivity contribution is 0.0556. The van der Waals surface area contributed by atoms with Crippen LogP contribution >= 0.6 is 11.3 Å². The minimum absolute atomic E-state index is 0.179. The molecule has 1 N–H and O–H groups in total. The highest BCUT2D eigenvalue weighted by Gasteiger charge is 2.29. The Kier molecular flexibility index (Phi) is 5.15. The lowest BCUT2D eigenvalue weighted by atomic mass is 10.2. The zero-order valence-electron chi connectivity index (χ0n) is 14.1. The van der Waals surface area contributed by atoms with E-state index in [1.54, 1.807) is 12.3 Å². The van der Waals surface area contributed by atoms with Crippen molar-refractivity contribution in [2.24, 2.45) is 0 Å². The van der Waals surface area contributed by atoms with Crippen molar-refractivity contribution in [2.75, 3.05) is 6.61 Å². The van der Waals surface area contributed by atoms with E-state index in [2.05, 4.69) is 4.98 Å². The van der Waals surface area contributed by atoms with Crippen LogP contribution in [-0.2, 0) is 6.54 Å². The second-order valence-electron chi connectivity index (χ2n) is 5.89. The third-order valence-electron chi connectivity index (χ3n) is 4.28. The van der Waals surface area contributed by atoms with Crippen LogP contribution in [0, 0.1) is 12.9 Å². The Labute approximate surface area is 149 Å². The number of aliphatic hydroxyl groups excluding tert-OH is 1. The molecule has 1 amide bonds. The van der Waals surface area contributed by atoms with Gasteiger partial charge in [0.25, 0.3) is 5.91 Å². The molecule has 3 aromatic heterocycles. The summed E-state index contributed by atoms with van der Waals surface area (Å²) in [5.74, 6) is -1.18. The molecule has 7 heteroatoms. The molecule has 1 atom stereocenters. The van der Waals surface area contributed by atoms with Crippen molar-refractivity contribution in [3.05, 3.63) is 57.9 Å². The number of rotatable bonds is 6. The Bertz CT molecular complexity index is 872. The number of pyridine rings is 1. The molecule has 0 aliphatic carbocycles. The molecular weight excluding hydrogens is 341 g/mol. The molecule has 0 bridgehead atoms. The fourth-order valence-corrected chi connectivity index (χ4v) is 3.54. The van der Waals surface area contributed by atoms with Crippen LogP contribution in [0.2, 0.25) is 0 Å². The maximum Gasteiger partial charge on any atom is 0.277 e. The number of nitrogens with zero attached hydrogens (tertiary/aromatic N) is 3. The molecule has 0 spiro atoms. The molecule has 3 aromatic rings. The summed E-state index contributed by atoms with van der Waals surface area (Å²) < 4.78 is 16.0. The number of carbonyl (C=O) groups excluding carboxylic acids is 1. The van der Waals surface area contributed by atoms with Gasteiger partial charge in [-0.05, 0) is 36.4 Å². The third-order valence-corrected chi connectivity index (χ3v) is 5.14. The molecular formula is C18H20FN3O2S. The molecule has 3 rings (SSSR count). The first-order valence-corrected chi connectivity index (χ1v) is 9.02. The number of hydrogen-bond donors (Lipinski definition) is 1. The maximum absolute atomic E-state index is 14.8. The van der Waals surface area contributed by atoms with Gasteiger partial charge >= 0.3 is 0 Å². The summed E-state index contributed by atoms with van der Waals surface area (Å²) in [7, 11) is 0. The first-order chi connectivity index (χ1) is 12.1. The van der Waals surface area contributed by atoms with E-state index in [4.69, 9.17) is 0 Å². The van der Waals surface area contributed by atoms with Crippen LogP contribution in [0.15, 0.2) is 35.8 Å². The maximum atomic E-state index is 14.8. The molecule has 0 saturated carbocycles. The van der Waals surface area contributed by atoms with Gasteiger partial charge in [-0.25, -0.2) is 4.98 Å². The van der Waals surface area contributed by atoms with E-state index >= 15 is 0 Å². The number of thiophene rings is 1. The van der Waals surface area contributed by atoms with Crippen molar-refractivity contribution in [2.45, 2.75) is 32.9 Å². The van der Waals surface area contributed by atoms with Gasteiger partial charge in [0.1, 0.15) is 5.65 Å². The molecule has 1 unspecified atom stereocenters. The molecule has 25 heavy (non-hydrogen) atoms. The number of amides is 1. The SMILES string of the molecule is CCC(CO)N(Cc1cccs1)C(=O)c1nc2c(C)cccn2c1F. The highest BCUT2D eigenvalue weighted by molar-refractivity contribution is 7.09. The molecule has 0 fully saturated rings. The van der Waals surface area contributed by atoms with E-state index in [-0.39, 0.29) is 18.3 Å². The zero-order valence-corrected chi connectivity index (χ0v) is 15.0. The van der Waals surface area contributed by atoms with Crippen LogP contribution in [0.1, 0.15) is 34.3 Å². The van der Waals surface area contributed by atoms with Crippen LogP contribution in [-0.4, -0.2) is 37.9 Å². The smallest absolute Gasteiger partial charge is 0.277 e. The van der Waals surface area contributed by atoms with Gasteiger partial charge in [0.05, 0.1) is 19.2 Å². The van der Waals surface area contributed by atoms with Crippen molar-refractivity contribution in [1.82, 2.24) is 14.3 Å². The Morgan fingerprint density at radius 3 is 2.84 bits per heavy atom. The Morgan fingerprint density at radius 1 is 1.44 bits per heavy atom. The summed E-state index contributed by atoms with van der Waals surface area (Å²) >= 11 is 1.52. The summed E-state index contributed by atoms with van der Waals surface area (Å²) in [6.45, 7) is 3.85. The minimum atomic E-state index is -0.673. The number of halogens is 1. The quantitative estimate of drug-likeness (QED) is 0.733. The van der Waals surface area contributed by atoms with Crippen molar-refractivity contribution in [3.8, 4) is 0 Å². The lowest BCUT2D eigenvalue weighted by Gasteiger charge is -2.29. The Balaban J connectivity index is 2.02. The second kappa shape index (κ2) is 7.33. The van der Waals surface area contributed by atoms with Crippen molar-refractivity contribution in [1.29, 1.82) is 0 Å². The van der Waals surface area contributed by atoms with Gasteiger partial charge in [0.2, 0.25) is 5.95 Å². The van der Waals surface area contributed by atoms with Crippen LogP contribution in [0.25, 0.3) is 5.65 Å². The molecule has 0 aliphatic rings. The summed E-state index contributed by atoms with van der Waals surface area (Å²) in [5, 5.41) is 11.6. The van der Waals surface area contributed by atoms with Gasteiger partial charge in [-0.2, -0.15) is 4.39 Å². The minimum Gasteiger partial charge on any atom is -0.394 e. The number of hydrogen-bond acceptors (Lipinski definition) is 4. The van der Waals surface area contributed by atoms with E-state index in [9.17, 15) is 14.3 Å². The number of aryl methyl sites for hydroxylation is 1. The molecule has 0 aromatic carbocycles. The molecule has 0 aliphatic heterocycles. The fraction of sp³-hybridized carbons (Fsp3) is 0.333. The predicted octanol–water partition coefficient (Wildman–Crippen LogP) is 3.26. The second-order valence-corrected chi connectivity index (χ2v) is 6.93. The Morgan fingerprint density at radius 2 is 2.24 bits per heavy atom. The number of aliphatic hydroxyl groups is 1. The molecule has 0 saturated heterocycles. The summed E-state index contributed by atoms with van der Waals surface area (Å²) in [6.07, 6.45) is 2.12. The first-order valence-electron chi connectivity index (χ1n) is 8.14. The number of aromatic nitrogens is 2. The van der Waals surface area contributed by atoms with Gasteiger partial charge in [-0.3, -0.25) is 9.20 Å². The highest BCUT2D eigenvalue weighted by Crippen LogP contribution is 2.21. The van der Waals surface area contributed by atoms with Crippen LogP contribution in [0.4, 0.5) is 4.39 Å². The van der Waals surface area contributed by atoms with Gasteiger partial charge < -0.3 is 10.0 Å². The third kappa shape index (κ3) is 3.29. The van der Waals surface area contributed by atoms with Crippen LogP contribution in [0.5, 0.6) is 0 Å². The van der Waals surface area contributed by atoms with Crippen molar-refractivity contribution < 1.29 is 14.3 Å². The highest BCUT2D eigenvalue weighted by atomic mass is 32.1. The van der Waals surface area contributed by atoms with E-state index < -0.39 is 11.9 Å². The average molecular weight is 361 g/mol. The topological polar surface area (TPSA) is 57.8 Å². The van der Waals surface area contributed by atoms with Gasteiger partial charge in [-0.1, -0.05) is 19.1 Å². The average Bonchev–Trinajstić information content (AvgIpc) is 3.24. The van der Waals surface area contributed by atoms with Crippen LogP contribution < -0.4 is 0 Å². The molecule has 3 heterocycles. The number of imidazole rings is 1. The predicted molar refractivity (Wildman–Crippen MR) is 95.2 cm³/mol. The monoisotopic (exact) mass is 361 g/mol. The van der Waals surface area contributed by atoms with E-state index in [1.807, 2.05) is 37.4 Å². The Hall–Kier alpha value is -2.25. The molecule has 5 nitrogen and oxygen atoms in total.